The Kier molecular flexibility index (Phi) is 10.4. The molecule has 0 bridgehead atoms. The molecule has 0 aliphatic carbocycles. The number of aliphatic hydroxyl groups excluding tert-OH is 1. The normalized spacial score (nSPS) is 14.4. The molecule has 1 atom stereocenters. The highest BCUT2D eigenvalue weighted by molar-refractivity contribution is 7.99. The number of carbonyl (C=O) groups is 1. The zero-order valence-corrected chi connectivity index (χ0v) is 13.5. The average Bonchev–Trinajstić information content (AvgIpc) is 2.35. The van der Waals surface area contributed by atoms with E-state index >= 15 is 0 Å². The van der Waals surface area contributed by atoms with Gasteiger partial charge in [0.2, 0.25) is 0 Å². The Balaban J connectivity index is 3.97. The molecular weight excluding hydrogens is 262 g/mol. The molecule has 0 spiro atoms. The lowest BCUT2D eigenvalue weighted by atomic mass is 9.94. The molecule has 0 radical (unpaired) electrons. The molecule has 0 saturated carbocycles. The van der Waals surface area contributed by atoms with E-state index in [9.17, 15) is 4.79 Å². The van der Waals surface area contributed by atoms with E-state index in [1.165, 1.54) is 7.11 Å². The minimum atomic E-state index is -0.585. The maximum absolute atomic E-state index is 11.9. The minimum Gasteiger partial charge on any atom is -0.468 e. The molecule has 0 aromatic heterocycles. The Morgan fingerprint density at radius 1 is 1.32 bits per heavy atom. The van der Waals surface area contributed by atoms with E-state index in [1.807, 2.05) is 32.5 Å². The molecule has 0 heterocycles. The lowest BCUT2D eigenvalue weighted by Crippen LogP contribution is -2.52. The van der Waals surface area contributed by atoms with Crippen LogP contribution in [0.5, 0.6) is 0 Å². The van der Waals surface area contributed by atoms with Gasteiger partial charge in [-0.1, -0.05) is 6.42 Å². The summed E-state index contributed by atoms with van der Waals surface area (Å²) in [5.41, 5.74) is -0.585. The van der Waals surface area contributed by atoms with Crippen molar-refractivity contribution in [3.8, 4) is 0 Å². The Bertz CT molecular complexity index is 249. The fourth-order valence-electron chi connectivity index (χ4n) is 2.05. The standard InChI is InChI=1S/C14H29NO3S/c1-12(2)15-14(3,13(17)18-4)8-5-6-10-19-11-7-9-16/h12,15-16H,5-11H2,1-4H3. The quantitative estimate of drug-likeness (QED) is 0.451. The van der Waals surface area contributed by atoms with Gasteiger partial charge in [-0.2, -0.15) is 11.8 Å². The van der Waals surface area contributed by atoms with E-state index in [2.05, 4.69) is 5.32 Å². The molecule has 0 saturated heterocycles. The summed E-state index contributed by atoms with van der Waals surface area (Å²) < 4.78 is 4.89. The predicted molar refractivity (Wildman–Crippen MR) is 81.6 cm³/mol. The number of hydrogen-bond acceptors (Lipinski definition) is 5. The van der Waals surface area contributed by atoms with Crippen molar-refractivity contribution in [3.63, 3.8) is 0 Å². The Morgan fingerprint density at radius 3 is 2.47 bits per heavy atom. The second-order valence-electron chi connectivity index (χ2n) is 5.27. The van der Waals surface area contributed by atoms with E-state index in [0.717, 1.165) is 37.2 Å². The molecule has 0 aromatic carbocycles. The van der Waals surface area contributed by atoms with Gasteiger partial charge < -0.3 is 9.84 Å². The van der Waals surface area contributed by atoms with Crippen molar-refractivity contribution in [1.29, 1.82) is 0 Å². The average molecular weight is 291 g/mol. The molecule has 1 unspecified atom stereocenters. The van der Waals surface area contributed by atoms with Crippen LogP contribution in [-0.4, -0.2) is 47.9 Å². The summed E-state index contributed by atoms with van der Waals surface area (Å²) in [5.74, 6) is 1.91. The number of aliphatic hydroxyl groups is 1. The van der Waals surface area contributed by atoms with Crippen LogP contribution in [0.3, 0.4) is 0 Å². The van der Waals surface area contributed by atoms with Crippen LogP contribution in [0.2, 0.25) is 0 Å². The van der Waals surface area contributed by atoms with Gasteiger partial charge in [-0.25, -0.2) is 0 Å². The number of unbranched alkanes of at least 4 members (excludes halogenated alkanes) is 1. The van der Waals surface area contributed by atoms with Gasteiger partial charge in [-0.05, 0) is 51.5 Å². The first-order valence-corrected chi connectivity index (χ1v) is 8.16. The zero-order valence-electron chi connectivity index (χ0n) is 12.7. The van der Waals surface area contributed by atoms with Gasteiger partial charge in [0.25, 0.3) is 0 Å². The smallest absolute Gasteiger partial charge is 0.325 e. The molecular formula is C14H29NO3S. The number of rotatable bonds is 11. The molecule has 0 aliphatic rings. The monoisotopic (exact) mass is 291 g/mol. The molecule has 0 aromatic rings. The Labute approximate surface area is 121 Å². The highest BCUT2D eigenvalue weighted by Crippen LogP contribution is 2.18. The summed E-state index contributed by atoms with van der Waals surface area (Å²) in [6, 6.07) is 0.253. The number of carbonyl (C=O) groups excluding carboxylic acids is 1. The van der Waals surface area contributed by atoms with E-state index in [0.29, 0.717) is 0 Å². The van der Waals surface area contributed by atoms with E-state index < -0.39 is 5.54 Å². The molecule has 0 fully saturated rings. The first-order valence-electron chi connectivity index (χ1n) is 7.01. The SMILES string of the molecule is COC(=O)C(C)(CCCCSCCCO)NC(C)C. The van der Waals surface area contributed by atoms with Crippen LogP contribution in [-0.2, 0) is 9.53 Å². The summed E-state index contributed by atoms with van der Waals surface area (Å²) in [5, 5.41) is 12.0. The minimum absolute atomic E-state index is 0.186. The van der Waals surface area contributed by atoms with Crippen LogP contribution in [0, 0.1) is 0 Å². The summed E-state index contributed by atoms with van der Waals surface area (Å²) in [4.78, 5) is 11.9. The van der Waals surface area contributed by atoms with Crippen molar-refractivity contribution in [3.05, 3.63) is 0 Å². The fraction of sp³-hybridized carbons (Fsp3) is 0.929. The van der Waals surface area contributed by atoms with Gasteiger partial charge in [0, 0.05) is 12.6 Å². The lowest BCUT2D eigenvalue weighted by molar-refractivity contribution is -0.148. The first-order chi connectivity index (χ1) is 8.96. The van der Waals surface area contributed by atoms with Gasteiger partial charge >= 0.3 is 5.97 Å². The second-order valence-corrected chi connectivity index (χ2v) is 6.49. The highest BCUT2D eigenvalue weighted by atomic mass is 32.2. The van der Waals surface area contributed by atoms with Crippen molar-refractivity contribution >= 4 is 17.7 Å². The van der Waals surface area contributed by atoms with Gasteiger partial charge in [0.1, 0.15) is 5.54 Å². The van der Waals surface area contributed by atoms with Gasteiger partial charge in [-0.3, -0.25) is 10.1 Å². The third kappa shape index (κ3) is 8.50. The number of thioether (sulfide) groups is 1. The van der Waals surface area contributed by atoms with Crippen molar-refractivity contribution in [2.45, 2.75) is 58.0 Å². The van der Waals surface area contributed by atoms with E-state index in [1.54, 1.807) is 0 Å². The highest BCUT2D eigenvalue weighted by Gasteiger charge is 2.33. The molecule has 4 nitrogen and oxygen atoms in total. The van der Waals surface area contributed by atoms with Crippen LogP contribution in [0.25, 0.3) is 0 Å². The molecule has 19 heavy (non-hydrogen) atoms. The number of methoxy groups -OCH3 is 1. The Morgan fingerprint density at radius 2 is 1.95 bits per heavy atom. The van der Waals surface area contributed by atoms with Crippen LogP contribution in [0.1, 0.15) is 46.5 Å². The van der Waals surface area contributed by atoms with Crippen LogP contribution in [0.4, 0.5) is 0 Å². The van der Waals surface area contributed by atoms with Crippen molar-refractivity contribution in [2.24, 2.45) is 0 Å². The maximum Gasteiger partial charge on any atom is 0.325 e. The van der Waals surface area contributed by atoms with Gasteiger partial charge in [0.05, 0.1) is 7.11 Å². The van der Waals surface area contributed by atoms with Crippen LogP contribution >= 0.6 is 11.8 Å². The number of hydrogen-bond donors (Lipinski definition) is 2. The fourth-order valence-corrected chi connectivity index (χ4v) is 2.99. The number of nitrogens with one attached hydrogen (secondary N) is 1. The maximum atomic E-state index is 11.9. The zero-order chi connectivity index (χ0) is 14.7. The summed E-state index contributed by atoms with van der Waals surface area (Å²) in [6.45, 7) is 6.25. The molecule has 0 rings (SSSR count). The third-order valence-electron chi connectivity index (χ3n) is 2.91. The topological polar surface area (TPSA) is 58.6 Å². The second kappa shape index (κ2) is 10.5. The largest absolute Gasteiger partial charge is 0.468 e. The van der Waals surface area contributed by atoms with Crippen molar-refractivity contribution in [2.75, 3.05) is 25.2 Å². The van der Waals surface area contributed by atoms with Gasteiger partial charge in [-0.15, -0.1) is 0 Å². The Hall–Kier alpha value is -0.260. The molecule has 2 N–H and O–H groups in total. The first kappa shape index (κ1) is 18.7. The predicted octanol–water partition coefficient (Wildman–Crippen LogP) is 2.20. The van der Waals surface area contributed by atoms with Crippen LogP contribution < -0.4 is 5.32 Å². The summed E-state index contributed by atoms with van der Waals surface area (Å²) >= 11 is 1.86. The van der Waals surface area contributed by atoms with Gasteiger partial charge in [0.15, 0.2) is 0 Å². The lowest BCUT2D eigenvalue weighted by Gasteiger charge is -2.30. The molecule has 114 valence electrons. The van der Waals surface area contributed by atoms with E-state index in [-0.39, 0.29) is 18.6 Å². The van der Waals surface area contributed by atoms with Crippen molar-refractivity contribution < 1.29 is 14.6 Å². The van der Waals surface area contributed by atoms with E-state index in [4.69, 9.17) is 9.84 Å². The summed E-state index contributed by atoms with van der Waals surface area (Å²) in [6.07, 6.45) is 3.73. The summed E-state index contributed by atoms with van der Waals surface area (Å²) in [7, 11) is 1.44. The molecule has 0 amide bonds. The van der Waals surface area contributed by atoms with Crippen LogP contribution in [0.15, 0.2) is 0 Å². The molecule has 0 aliphatic heterocycles. The number of esters is 1. The van der Waals surface area contributed by atoms with Crippen molar-refractivity contribution in [1.82, 2.24) is 5.32 Å². The molecule has 5 heteroatoms. The number of ether oxygens (including phenoxy) is 1. The third-order valence-corrected chi connectivity index (χ3v) is 4.06.